The monoisotopic (exact) mass is 448 g/mol. The molecule has 1 saturated heterocycles. The first-order chi connectivity index (χ1) is 14.3. The molecule has 0 radical (unpaired) electrons. The molecule has 1 amide bonds. The number of aromatic nitrogens is 2. The molecule has 1 fully saturated rings. The van der Waals surface area contributed by atoms with Crippen molar-refractivity contribution in [2.24, 2.45) is 0 Å². The predicted octanol–water partition coefficient (Wildman–Crippen LogP) is 4.44. The lowest BCUT2D eigenvalue weighted by Crippen LogP contribution is -2.35. The van der Waals surface area contributed by atoms with Crippen LogP contribution in [-0.2, 0) is 16.1 Å². The van der Waals surface area contributed by atoms with Crippen molar-refractivity contribution in [3.8, 4) is 0 Å². The average molecular weight is 449 g/mol. The summed E-state index contributed by atoms with van der Waals surface area (Å²) in [6.07, 6.45) is -6.30. The molecule has 1 aliphatic heterocycles. The van der Waals surface area contributed by atoms with Gasteiger partial charge in [-0.25, -0.2) is 22.2 Å². The fourth-order valence-electron chi connectivity index (χ4n) is 3.20. The van der Waals surface area contributed by atoms with Gasteiger partial charge in [-0.2, -0.15) is 5.10 Å². The number of carbonyl (C=O) groups excluding carboxylic acids is 1. The molecule has 2 aromatic rings. The van der Waals surface area contributed by atoms with E-state index in [2.05, 4.69) is 15.3 Å². The third-order valence-electron chi connectivity index (χ3n) is 4.78. The van der Waals surface area contributed by atoms with Gasteiger partial charge in [-0.1, -0.05) is 23.7 Å². The highest BCUT2D eigenvalue weighted by atomic mass is 35.5. The van der Waals surface area contributed by atoms with Crippen molar-refractivity contribution < 1.29 is 27.1 Å². The maximum absolute atomic E-state index is 13.4. The number of anilines is 1. The Labute approximate surface area is 175 Å². The smallest absolute Gasteiger partial charge is 0.283 e. The van der Waals surface area contributed by atoms with Gasteiger partial charge in [0.1, 0.15) is 17.4 Å². The molecule has 1 atom stereocenters. The van der Waals surface area contributed by atoms with E-state index < -0.39 is 41.2 Å². The van der Waals surface area contributed by atoms with Gasteiger partial charge in [-0.3, -0.25) is 9.69 Å². The van der Waals surface area contributed by atoms with Gasteiger partial charge in [-0.05, 0) is 24.6 Å². The molecule has 1 N–H and O–H groups in total. The molecule has 164 valence electrons. The number of amides is 1. The molecule has 3 rings (SSSR count). The minimum absolute atomic E-state index is 0.462. The predicted molar refractivity (Wildman–Crippen MR) is 103 cm³/mol. The number of ether oxygens (including phenoxy) is 1. The second kappa shape index (κ2) is 9.76. The Morgan fingerprint density at radius 2 is 1.93 bits per heavy atom. The second-order valence-electron chi connectivity index (χ2n) is 6.88. The molecule has 0 spiro atoms. The van der Waals surface area contributed by atoms with E-state index in [1.807, 2.05) is 6.07 Å². The normalized spacial score (nSPS) is 16.3. The summed E-state index contributed by atoms with van der Waals surface area (Å²) < 4.78 is 58.6. The Balaban J connectivity index is 1.74. The van der Waals surface area contributed by atoms with Gasteiger partial charge in [0, 0.05) is 25.3 Å². The van der Waals surface area contributed by atoms with E-state index in [0.717, 1.165) is 18.7 Å². The van der Waals surface area contributed by atoms with E-state index in [1.54, 1.807) is 18.2 Å². The number of rotatable bonds is 7. The summed E-state index contributed by atoms with van der Waals surface area (Å²) >= 11 is 5.65. The highest BCUT2D eigenvalue weighted by Crippen LogP contribution is 2.36. The molecule has 0 bridgehead atoms. The number of hydrogen-bond acceptors (Lipinski definition) is 4. The molecule has 30 heavy (non-hydrogen) atoms. The van der Waals surface area contributed by atoms with Crippen LogP contribution in [0.3, 0.4) is 0 Å². The molecule has 11 heteroatoms. The minimum Gasteiger partial charge on any atom is -0.379 e. The zero-order chi connectivity index (χ0) is 21.8. The van der Waals surface area contributed by atoms with Crippen molar-refractivity contribution in [2.45, 2.75) is 32.4 Å². The summed E-state index contributed by atoms with van der Waals surface area (Å²) in [5.41, 5.74) is -0.462. The van der Waals surface area contributed by atoms with E-state index >= 15 is 0 Å². The Kier molecular flexibility index (Phi) is 7.32. The minimum atomic E-state index is -3.16. The number of benzene rings is 1. The first-order valence-corrected chi connectivity index (χ1v) is 9.69. The Bertz CT molecular complexity index is 887. The van der Waals surface area contributed by atoms with Crippen LogP contribution in [0, 0.1) is 0 Å². The van der Waals surface area contributed by atoms with Gasteiger partial charge >= 0.3 is 0 Å². The zero-order valence-corrected chi connectivity index (χ0v) is 16.9. The van der Waals surface area contributed by atoms with Crippen LogP contribution in [0.5, 0.6) is 0 Å². The van der Waals surface area contributed by atoms with Crippen molar-refractivity contribution >= 4 is 23.2 Å². The summed E-state index contributed by atoms with van der Waals surface area (Å²) in [5, 5.41) is 5.26. The van der Waals surface area contributed by atoms with E-state index in [9.17, 15) is 22.4 Å². The van der Waals surface area contributed by atoms with Crippen LogP contribution < -0.4 is 5.32 Å². The first-order valence-electron chi connectivity index (χ1n) is 9.32. The maximum atomic E-state index is 13.4. The van der Waals surface area contributed by atoms with Gasteiger partial charge in [0.25, 0.3) is 12.9 Å². The summed E-state index contributed by atoms with van der Waals surface area (Å²) in [6.45, 7) is 4.88. The highest BCUT2D eigenvalue weighted by Gasteiger charge is 2.31. The summed E-state index contributed by atoms with van der Waals surface area (Å²) in [4.78, 5) is 14.8. The van der Waals surface area contributed by atoms with Crippen LogP contribution in [-0.4, -0.2) is 46.9 Å². The van der Waals surface area contributed by atoms with Crippen LogP contribution in [0.2, 0.25) is 5.02 Å². The number of alkyl halides is 4. The Hall–Kier alpha value is -2.17. The molecule has 1 aromatic heterocycles. The second-order valence-corrected chi connectivity index (χ2v) is 7.26. The van der Waals surface area contributed by atoms with E-state index in [4.69, 9.17) is 16.3 Å². The van der Waals surface area contributed by atoms with Crippen LogP contribution in [0.15, 0.2) is 24.3 Å². The quantitative estimate of drug-likeness (QED) is 0.636. The van der Waals surface area contributed by atoms with E-state index in [-0.39, 0.29) is 0 Å². The van der Waals surface area contributed by atoms with E-state index in [0.29, 0.717) is 30.1 Å². The zero-order valence-electron chi connectivity index (χ0n) is 16.1. The van der Waals surface area contributed by atoms with Crippen molar-refractivity contribution in [3.05, 3.63) is 46.2 Å². The number of halogens is 5. The van der Waals surface area contributed by atoms with Crippen LogP contribution in [0.25, 0.3) is 0 Å². The molecular weight excluding hydrogens is 428 g/mol. The third kappa shape index (κ3) is 5.11. The first kappa shape index (κ1) is 22.5. The molecule has 0 aliphatic carbocycles. The third-order valence-corrected chi connectivity index (χ3v) is 5.16. The van der Waals surface area contributed by atoms with Gasteiger partial charge in [0.2, 0.25) is 5.91 Å². The Morgan fingerprint density at radius 3 is 2.57 bits per heavy atom. The van der Waals surface area contributed by atoms with Gasteiger partial charge in [-0.15, -0.1) is 0 Å². The molecule has 1 aromatic carbocycles. The van der Waals surface area contributed by atoms with Gasteiger partial charge < -0.3 is 10.1 Å². The molecule has 0 saturated carbocycles. The maximum Gasteiger partial charge on any atom is 0.283 e. The number of carbonyl (C=O) groups is 1. The number of nitrogens with zero attached hydrogens (tertiary/aromatic N) is 3. The van der Waals surface area contributed by atoms with Crippen LogP contribution in [0.4, 0.5) is 23.2 Å². The molecular formula is C19H21ClF4N4O2. The van der Waals surface area contributed by atoms with Gasteiger partial charge in [0.05, 0.1) is 18.2 Å². The van der Waals surface area contributed by atoms with Crippen molar-refractivity contribution in [2.75, 3.05) is 31.6 Å². The summed E-state index contributed by atoms with van der Waals surface area (Å²) in [7, 11) is 0. The van der Waals surface area contributed by atoms with Crippen molar-refractivity contribution in [1.82, 2.24) is 14.7 Å². The lowest BCUT2D eigenvalue weighted by molar-refractivity contribution is -0.119. The Morgan fingerprint density at radius 1 is 1.23 bits per heavy atom. The van der Waals surface area contributed by atoms with Crippen molar-refractivity contribution in [1.29, 1.82) is 0 Å². The number of morpholine rings is 1. The van der Waals surface area contributed by atoms with Crippen molar-refractivity contribution in [3.63, 3.8) is 0 Å². The summed E-state index contributed by atoms with van der Waals surface area (Å²) in [6, 6.07) is 5.82. The van der Waals surface area contributed by atoms with Gasteiger partial charge in [0.15, 0.2) is 0 Å². The van der Waals surface area contributed by atoms with Crippen LogP contribution in [0.1, 0.15) is 42.8 Å². The molecule has 1 unspecified atom stereocenters. The molecule has 6 nitrogen and oxygen atoms in total. The fourth-order valence-corrected chi connectivity index (χ4v) is 3.49. The highest BCUT2D eigenvalue weighted by molar-refractivity contribution is 6.32. The largest absolute Gasteiger partial charge is 0.379 e. The topological polar surface area (TPSA) is 59.4 Å². The summed E-state index contributed by atoms with van der Waals surface area (Å²) in [5.74, 6) is -0.680. The average Bonchev–Trinajstić information content (AvgIpc) is 3.06. The number of nitrogens with one attached hydrogen (secondary N) is 1. The molecule has 2 heterocycles. The van der Waals surface area contributed by atoms with E-state index in [1.165, 1.54) is 6.92 Å². The molecule has 1 aliphatic rings. The standard InChI is InChI=1S/C19H21ClF4N4O2/c1-11(28-16(18(23)24)14(20)15(26-28)17(21)22)19(29)25-13-4-2-3-12(9-13)10-27-5-7-30-8-6-27/h2-4,9,11,17-18H,5-8,10H2,1H3,(H,25,29). The fraction of sp³-hybridized carbons (Fsp3) is 0.474. The lowest BCUT2D eigenvalue weighted by atomic mass is 10.1. The SMILES string of the molecule is CC(C(=O)Nc1cccc(CN2CCOCC2)c1)n1nc(C(F)F)c(Cl)c1C(F)F. The lowest BCUT2D eigenvalue weighted by Gasteiger charge is -2.26. The number of hydrogen-bond donors (Lipinski definition) is 1. The van der Waals surface area contributed by atoms with Crippen LogP contribution >= 0.6 is 11.6 Å².